The Morgan fingerprint density at radius 1 is 0.943 bits per heavy atom. The number of nitrogens with zero attached hydrogens (tertiary/aromatic N) is 1. The zero-order valence-corrected chi connectivity index (χ0v) is 21.0. The Morgan fingerprint density at radius 3 is 2.34 bits per heavy atom. The van der Waals surface area contributed by atoms with E-state index in [-0.39, 0.29) is 24.3 Å². The van der Waals surface area contributed by atoms with Crippen LogP contribution < -0.4 is 5.32 Å². The van der Waals surface area contributed by atoms with Crippen molar-refractivity contribution in [2.75, 3.05) is 0 Å². The molecule has 1 N–H and O–H groups in total. The number of carbonyl (C=O) groups excluding carboxylic acids is 2. The molecule has 5 heteroatoms. The summed E-state index contributed by atoms with van der Waals surface area (Å²) >= 11 is 6.26. The molecular weight excluding hydrogens is 456 g/mol. The van der Waals surface area contributed by atoms with E-state index in [1.54, 1.807) is 4.90 Å². The summed E-state index contributed by atoms with van der Waals surface area (Å²) in [5.41, 5.74) is 3.98. The summed E-state index contributed by atoms with van der Waals surface area (Å²) in [4.78, 5) is 29.3. The maximum atomic E-state index is 13.8. The molecule has 0 aliphatic heterocycles. The Morgan fingerprint density at radius 2 is 1.63 bits per heavy atom. The molecular formula is C30H33ClN2O2. The summed E-state index contributed by atoms with van der Waals surface area (Å²) in [5.74, 6) is -0.150. The van der Waals surface area contributed by atoms with Crippen LogP contribution in [-0.2, 0) is 29.0 Å². The quantitative estimate of drug-likeness (QED) is 0.408. The van der Waals surface area contributed by atoms with Gasteiger partial charge < -0.3 is 10.2 Å². The summed E-state index contributed by atoms with van der Waals surface area (Å²) in [6.45, 7) is 2.33. The largest absolute Gasteiger partial charge is 0.352 e. The van der Waals surface area contributed by atoms with Crippen molar-refractivity contribution >= 4 is 23.4 Å². The van der Waals surface area contributed by atoms with E-state index < -0.39 is 6.04 Å². The highest BCUT2D eigenvalue weighted by Crippen LogP contribution is 2.22. The fourth-order valence-electron chi connectivity index (χ4n) is 4.83. The molecule has 182 valence electrons. The van der Waals surface area contributed by atoms with Crippen LogP contribution >= 0.6 is 11.6 Å². The third-order valence-electron chi connectivity index (χ3n) is 6.82. The second-order valence-electron chi connectivity index (χ2n) is 9.45. The summed E-state index contributed by atoms with van der Waals surface area (Å²) in [6.07, 6.45) is 4.96. The minimum atomic E-state index is -0.617. The topological polar surface area (TPSA) is 49.4 Å². The van der Waals surface area contributed by atoms with Crippen LogP contribution in [0.15, 0.2) is 78.9 Å². The van der Waals surface area contributed by atoms with E-state index in [9.17, 15) is 9.59 Å². The smallest absolute Gasteiger partial charge is 0.243 e. The Kier molecular flexibility index (Phi) is 8.59. The monoisotopic (exact) mass is 488 g/mol. The van der Waals surface area contributed by atoms with E-state index in [0.717, 1.165) is 47.9 Å². The molecule has 0 saturated heterocycles. The van der Waals surface area contributed by atoms with Crippen LogP contribution in [0.25, 0.3) is 0 Å². The molecule has 4 rings (SSSR count). The molecule has 1 atom stereocenters. The number of aryl methyl sites for hydroxylation is 1. The van der Waals surface area contributed by atoms with Gasteiger partial charge in [-0.3, -0.25) is 9.59 Å². The Balaban J connectivity index is 1.67. The van der Waals surface area contributed by atoms with Crippen molar-refractivity contribution in [2.45, 2.75) is 64.1 Å². The predicted molar refractivity (Wildman–Crippen MR) is 141 cm³/mol. The van der Waals surface area contributed by atoms with Crippen molar-refractivity contribution < 1.29 is 9.59 Å². The van der Waals surface area contributed by atoms with Crippen LogP contribution in [0.4, 0.5) is 0 Å². The summed E-state index contributed by atoms with van der Waals surface area (Å²) in [5, 5.41) is 3.86. The van der Waals surface area contributed by atoms with Crippen LogP contribution in [0.1, 0.15) is 47.9 Å². The molecule has 0 aromatic heterocycles. The Labute approximate surface area is 213 Å². The Hall–Kier alpha value is -3.11. The minimum absolute atomic E-state index is 0.0678. The van der Waals surface area contributed by atoms with Gasteiger partial charge in [0.05, 0.1) is 6.42 Å². The first kappa shape index (κ1) is 25.0. The lowest BCUT2D eigenvalue weighted by Gasteiger charge is -2.32. The highest BCUT2D eigenvalue weighted by molar-refractivity contribution is 6.30. The number of hydrogen-bond donors (Lipinski definition) is 1. The molecule has 0 spiro atoms. The molecule has 35 heavy (non-hydrogen) atoms. The second-order valence-corrected chi connectivity index (χ2v) is 9.89. The molecule has 0 bridgehead atoms. The van der Waals surface area contributed by atoms with E-state index >= 15 is 0 Å². The first-order valence-corrected chi connectivity index (χ1v) is 12.8. The van der Waals surface area contributed by atoms with Crippen molar-refractivity contribution in [3.63, 3.8) is 0 Å². The maximum Gasteiger partial charge on any atom is 0.243 e. The highest BCUT2D eigenvalue weighted by atomic mass is 35.5. The fourth-order valence-corrected chi connectivity index (χ4v) is 5.04. The Bertz CT molecular complexity index is 1140. The average molecular weight is 489 g/mol. The maximum absolute atomic E-state index is 13.8. The summed E-state index contributed by atoms with van der Waals surface area (Å²) < 4.78 is 0. The summed E-state index contributed by atoms with van der Waals surface area (Å²) in [7, 11) is 0. The van der Waals surface area contributed by atoms with E-state index in [0.29, 0.717) is 18.0 Å². The number of carbonyl (C=O) groups is 2. The molecule has 3 aromatic carbocycles. The van der Waals surface area contributed by atoms with Crippen LogP contribution in [0.2, 0.25) is 5.02 Å². The lowest BCUT2D eigenvalue weighted by molar-refractivity contribution is -0.141. The van der Waals surface area contributed by atoms with Crippen LogP contribution in [0, 0.1) is 6.92 Å². The van der Waals surface area contributed by atoms with Gasteiger partial charge in [0, 0.05) is 24.0 Å². The van der Waals surface area contributed by atoms with E-state index in [1.165, 1.54) is 0 Å². The molecule has 0 heterocycles. The molecule has 1 fully saturated rings. The van der Waals surface area contributed by atoms with Gasteiger partial charge in [-0.1, -0.05) is 91.2 Å². The first-order chi connectivity index (χ1) is 17.0. The van der Waals surface area contributed by atoms with Crippen LogP contribution in [-0.4, -0.2) is 28.8 Å². The molecule has 1 aliphatic rings. The predicted octanol–water partition coefficient (Wildman–Crippen LogP) is 5.89. The SMILES string of the molecule is Cc1ccccc1CC(=O)N(Cc1cccc(Cl)c1)[C@H](Cc1ccccc1)C(=O)NC1CCCC1. The van der Waals surface area contributed by atoms with Crippen molar-refractivity contribution in [3.05, 3.63) is 106 Å². The van der Waals surface area contributed by atoms with Crippen molar-refractivity contribution in [1.29, 1.82) is 0 Å². The molecule has 1 saturated carbocycles. The number of benzene rings is 3. The van der Waals surface area contributed by atoms with Gasteiger partial charge in [-0.2, -0.15) is 0 Å². The lowest BCUT2D eigenvalue weighted by Crippen LogP contribution is -2.52. The third-order valence-corrected chi connectivity index (χ3v) is 7.05. The highest BCUT2D eigenvalue weighted by Gasteiger charge is 2.32. The van der Waals surface area contributed by atoms with E-state index in [2.05, 4.69) is 5.32 Å². The summed E-state index contributed by atoms with van der Waals surface area (Å²) in [6, 6.07) is 24.9. The lowest BCUT2D eigenvalue weighted by atomic mass is 10.00. The molecule has 0 radical (unpaired) electrons. The van der Waals surface area contributed by atoms with Crippen molar-refractivity contribution in [3.8, 4) is 0 Å². The number of rotatable bonds is 9. The van der Waals surface area contributed by atoms with Gasteiger partial charge in [0.1, 0.15) is 6.04 Å². The van der Waals surface area contributed by atoms with E-state index in [1.807, 2.05) is 85.8 Å². The van der Waals surface area contributed by atoms with E-state index in [4.69, 9.17) is 11.6 Å². The second kappa shape index (κ2) is 12.0. The molecule has 1 aliphatic carbocycles. The molecule has 3 aromatic rings. The normalized spacial score (nSPS) is 14.5. The number of hydrogen-bond acceptors (Lipinski definition) is 2. The first-order valence-electron chi connectivity index (χ1n) is 12.4. The van der Waals surface area contributed by atoms with Crippen molar-refractivity contribution in [2.24, 2.45) is 0 Å². The van der Waals surface area contributed by atoms with Crippen molar-refractivity contribution in [1.82, 2.24) is 10.2 Å². The standard InChI is InChI=1S/C30H33ClN2O2/c1-22-10-5-6-14-25(22)20-29(34)33(21-24-13-9-15-26(31)18-24)28(19-23-11-3-2-4-12-23)30(35)32-27-16-7-8-17-27/h2-6,9-15,18,27-28H,7-8,16-17,19-21H2,1H3,(H,32,35)/t28-/m1/s1. The molecule has 2 amide bonds. The van der Waals surface area contributed by atoms with Crippen LogP contribution in [0.3, 0.4) is 0 Å². The molecule has 0 unspecified atom stereocenters. The zero-order valence-electron chi connectivity index (χ0n) is 20.3. The zero-order chi connectivity index (χ0) is 24.6. The van der Waals surface area contributed by atoms with Gasteiger partial charge in [0.15, 0.2) is 0 Å². The van der Waals surface area contributed by atoms with Gasteiger partial charge in [0.2, 0.25) is 11.8 Å². The van der Waals surface area contributed by atoms with Gasteiger partial charge in [-0.05, 0) is 54.2 Å². The third kappa shape index (κ3) is 6.95. The number of amides is 2. The van der Waals surface area contributed by atoms with Crippen LogP contribution in [0.5, 0.6) is 0 Å². The van der Waals surface area contributed by atoms with Gasteiger partial charge in [-0.25, -0.2) is 0 Å². The van der Waals surface area contributed by atoms with Gasteiger partial charge in [-0.15, -0.1) is 0 Å². The average Bonchev–Trinajstić information content (AvgIpc) is 3.36. The fraction of sp³-hybridized carbons (Fsp3) is 0.333. The number of halogens is 1. The van der Waals surface area contributed by atoms with Gasteiger partial charge in [0.25, 0.3) is 0 Å². The number of nitrogens with one attached hydrogen (secondary N) is 1. The van der Waals surface area contributed by atoms with Gasteiger partial charge >= 0.3 is 0 Å². The minimum Gasteiger partial charge on any atom is -0.352 e. The molecule has 4 nitrogen and oxygen atoms in total.